The highest BCUT2D eigenvalue weighted by Gasteiger charge is 2.33. The summed E-state index contributed by atoms with van der Waals surface area (Å²) in [4.78, 5) is 16.8. The summed E-state index contributed by atoms with van der Waals surface area (Å²) in [5, 5.41) is 8.90. The fraction of sp³-hybridized carbons (Fsp3) is 0.529. The molecule has 0 bridgehead atoms. The lowest BCUT2D eigenvalue weighted by Crippen LogP contribution is -2.52. The Morgan fingerprint density at radius 3 is 2.68 bits per heavy atom. The number of rotatable bonds is 4. The number of carbonyl (C=O) groups is 1. The van der Waals surface area contributed by atoms with Crippen LogP contribution >= 0.6 is 0 Å². The van der Waals surface area contributed by atoms with Crippen molar-refractivity contribution in [3.63, 3.8) is 0 Å². The Morgan fingerprint density at radius 2 is 2.05 bits per heavy atom. The third-order valence-corrected chi connectivity index (χ3v) is 4.31. The number of nitriles is 1. The number of piperazine rings is 1. The molecule has 5 nitrogen and oxygen atoms in total. The van der Waals surface area contributed by atoms with Gasteiger partial charge in [-0.1, -0.05) is 6.07 Å². The van der Waals surface area contributed by atoms with Crippen molar-refractivity contribution in [2.45, 2.75) is 31.9 Å². The van der Waals surface area contributed by atoms with Gasteiger partial charge >= 0.3 is 0 Å². The molecule has 116 valence electrons. The maximum absolute atomic E-state index is 12.5. The van der Waals surface area contributed by atoms with Crippen LogP contribution in [-0.2, 0) is 4.79 Å². The fourth-order valence-electron chi connectivity index (χ4n) is 2.90. The van der Waals surface area contributed by atoms with Crippen LogP contribution in [0.1, 0.15) is 25.3 Å². The molecule has 2 aliphatic rings. The van der Waals surface area contributed by atoms with Crippen molar-refractivity contribution >= 4 is 5.91 Å². The number of benzene rings is 1. The van der Waals surface area contributed by atoms with Gasteiger partial charge in [-0.05, 0) is 38.0 Å². The lowest BCUT2D eigenvalue weighted by Gasteiger charge is -2.35. The van der Waals surface area contributed by atoms with E-state index in [0.717, 1.165) is 32.2 Å². The zero-order chi connectivity index (χ0) is 15.5. The van der Waals surface area contributed by atoms with Crippen LogP contribution in [0.4, 0.5) is 0 Å². The molecule has 1 saturated heterocycles. The molecular formula is C17H21N3O2. The Bertz CT molecular complexity index is 584. The first kappa shape index (κ1) is 14.9. The summed E-state index contributed by atoms with van der Waals surface area (Å²) in [5.74, 6) is 0.592. The number of hydrogen-bond acceptors (Lipinski definition) is 4. The van der Waals surface area contributed by atoms with E-state index < -0.39 is 6.10 Å². The molecule has 0 N–H and O–H groups in total. The standard InChI is InChI=1S/C17H21N3O2/c1-13(22-16-4-2-3-14(11-16)12-18)17(21)20-9-7-19(8-10-20)15-5-6-15/h2-4,11,13,15H,5-10H2,1H3/t13-/m1/s1. The number of nitrogens with zero attached hydrogens (tertiary/aromatic N) is 3. The molecule has 3 rings (SSSR count). The van der Waals surface area contributed by atoms with Gasteiger partial charge in [0.15, 0.2) is 6.10 Å². The van der Waals surface area contributed by atoms with Crippen LogP contribution in [0.25, 0.3) is 0 Å². The zero-order valence-electron chi connectivity index (χ0n) is 12.9. The number of hydrogen-bond donors (Lipinski definition) is 0. The Balaban J connectivity index is 1.54. The first-order chi connectivity index (χ1) is 10.7. The molecule has 1 aromatic carbocycles. The first-order valence-corrected chi connectivity index (χ1v) is 7.87. The van der Waals surface area contributed by atoms with Crippen molar-refractivity contribution in [1.82, 2.24) is 9.80 Å². The third-order valence-electron chi connectivity index (χ3n) is 4.31. The molecular weight excluding hydrogens is 278 g/mol. The van der Waals surface area contributed by atoms with Crippen LogP contribution in [0.15, 0.2) is 24.3 Å². The smallest absolute Gasteiger partial charge is 0.263 e. The molecule has 1 heterocycles. The second kappa shape index (κ2) is 6.37. The van der Waals surface area contributed by atoms with Gasteiger partial charge < -0.3 is 9.64 Å². The summed E-state index contributed by atoms with van der Waals surface area (Å²) in [6.07, 6.45) is 2.09. The van der Waals surface area contributed by atoms with Gasteiger partial charge in [0.2, 0.25) is 0 Å². The minimum Gasteiger partial charge on any atom is -0.481 e. The number of amides is 1. The van der Waals surface area contributed by atoms with E-state index in [4.69, 9.17) is 10.00 Å². The monoisotopic (exact) mass is 299 g/mol. The Labute approximate surface area is 131 Å². The predicted octanol–water partition coefficient (Wildman–Crippen LogP) is 1.63. The van der Waals surface area contributed by atoms with E-state index in [1.807, 2.05) is 4.90 Å². The van der Waals surface area contributed by atoms with Crippen molar-refractivity contribution in [2.75, 3.05) is 26.2 Å². The highest BCUT2D eigenvalue weighted by atomic mass is 16.5. The maximum Gasteiger partial charge on any atom is 0.263 e. The normalized spacial score (nSPS) is 20.3. The molecule has 0 radical (unpaired) electrons. The van der Waals surface area contributed by atoms with Crippen LogP contribution in [0.5, 0.6) is 5.75 Å². The SMILES string of the molecule is C[C@@H](Oc1cccc(C#N)c1)C(=O)N1CCN(C2CC2)CC1. The highest BCUT2D eigenvalue weighted by molar-refractivity contribution is 5.81. The second-order valence-corrected chi connectivity index (χ2v) is 5.99. The molecule has 0 aromatic heterocycles. The Kier molecular flexibility index (Phi) is 4.30. The molecule has 22 heavy (non-hydrogen) atoms. The quantitative estimate of drug-likeness (QED) is 0.848. The lowest BCUT2D eigenvalue weighted by molar-refractivity contribution is -0.139. The molecule has 1 aliphatic carbocycles. The van der Waals surface area contributed by atoms with E-state index in [1.54, 1.807) is 31.2 Å². The maximum atomic E-state index is 12.5. The number of ether oxygens (including phenoxy) is 1. The van der Waals surface area contributed by atoms with Gasteiger partial charge in [0.05, 0.1) is 11.6 Å². The molecule has 1 aliphatic heterocycles. The number of carbonyl (C=O) groups excluding carboxylic acids is 1. The summed E-state index contributed by atoms with van der Waals surface area (Å²) >= 11 is 0. The first-order valence-electron chi connectivity index (χ1n) is 7.87. The van der Waals surface area contributed by atoms with Gasteiger partial charge in [0.25, 0.3) is 5.91 Å². The summed E-state index contributed by atoms with van der Waals surface area (Å²) in [6.45, 7) is 5.26. The van der Waals surface area contributed by atoms with Gasteiger partial charge in [-0.2, -0.15) is 5.26 Å². The van der Waals surface area contributed by atoms with Crippen molar-refractivity contribution in [3.05, 3.63) is 29.8 Å². The van der Waals surface area contributed by atoms with Crippen molar-refractivity contribution in [2.24, 2.45) is 0 Å². The molecule has 1 aromatic rings. The van der Waals surface area contributed by atoms with E-state index in [0.29, 0.717) is 11.3 Å². The van der Waals surface area contributed by atoms with E-state index in [1.165, 1.54) is 12.8 Å². The summed E-state index contributed by atoms with van der Waals surface area (Å²) in [5.41, 5.74) is 0.537. The van der Waals surface area contributed by atoms with Crippen LogP contribution < -0.4 is 4.74 Å². The van der Waals surface area contributed by atoms with Gasteiger partial charge in [0, 0.05) is 32.2 Å². The average Bonchev–Trinajstić information content (AvgIpc) is 3.39. The van der Waals surface area contributed by atoms with Crippen LogP contribution in [0.3, 0.4) is 0 Å². The average molecular weight is 299 g/mol. The second-order valence-electron chi connectivity index (χ2n) is 5.99. The van der Waals surface area contributed by atoms with Crippen molar-refractivity contribution < 1.29 is 9.53 Å². The topological polar surface area (TPSA) is 56.6 Å². The molecule has 1 saturated carbocycles. The summed E-state index contributed by atoms with van der Waals surface area (Å²) < 4.78 is 5.70. The molecule has 5 heteroatoms. The minimum atomic E-state index is -0.526. The van der Waals surface area contributed by atoms with Gasteiger partial charge in [-0.15, -0.1) is 0 Å². The fourth-order valence-corrected chi connectivity index (χ4v) is 2.90. The Morgan fingerprint density at radius 1 is 1.32 bits per heavy atom. The summed E-state index contributed by atoms with van der Waals surface area (Å²) in [7, 11) is 0. The molecule has 2 fully saturated rings. The summed E-state index contributed by atoms with van der Waals surface area (Å²) in [6, 6.07) is 9.75. The van der Waals surface area contributed by atoms with E-state index in [-0.39, 0.29) is 5.91 Å². The van der Waals surface area contributed by atoms with E-state index in [9.17, 15) is 4.79 Å². The largest absolute Gasteiger partial charge is 0.481 e. The predicted molar refractivity (Wildman–Crippen MR) is 82.4 cm³/mol. The highest BCUT2D eigenvalue weighted by Crippen LogP contribution is 2.27. The van der Waals surface area contributed by atoms with Crippen LogP contribution in [0.2, 0.25) is 0 Å². The van der Waals surface area contributed by atoms with Crippen molar-refractivity contribution in [1.29, 1.82) is 5.26 Å². The zero-order valence-corrected chi connectivity index (χ0v) is 12.9. The van der Waals surface area contributed by atoms with E-state index in [2.05, 4.69) is 11.0 Å². The van der Waals surface area contributed by atoms with E-state index >= 15 is 0 Å². The van der Waals surface area contributed by atoms with Crippen LogP contribution in [0, 0.1) is 11.3 Å². The van der Waals surface area contributed by atoms with Crippen molar-refractivity contribution in [3.8, 4) is 11.8 Å². The minimum absolute atomic E-state index is 0.0257. The van der Waals surface area contributed by atoms with Gasteiger partial charge in [-0.3, -0.25) is 9.69 Å². The van der Waals surface area contributed by atoms with Crippen LogP contribution in [-0.4, -0.2) is 54.0 Å². The van der Waals surface area contributed by atoms with Gasteiger partial charge in [0.1, 0.15) is 5.75 Å². The molecule has 0 unspecified atom stereocenters. The molecule has 1 atom stereocenters. The van der Waals surface area contributed by atoms with Gasteiger partial charge in [-0.25, -0.2) is 0 Å². The molecule has 0 spiro atoms. The lowest BCUT2D eigenvalue weighted by atomic mass is 10.2. The third kappa shape index (κ3) is 3.40. The molecule has 1 amide bonds. The Hall–Kier alpha value is -2.06.